The van der Waals surface area contributed by atoms with Crippen LogP contribution in [0.4, 0.5) is 4.39 Å². The van der Waals surface area contributed by atoms with Crippen molar-refractivity contribution in [1.29, 1.82) is 0 Å². The van der Waals surface area contributed by atoms with Crippen LogP contribution in [0.25, 0.3) is 0 Å². The lowest BCUT2D eigenvalue weighted by Crippen LogP contribution is -2.16. The summed E-state index contributed by atoms with van der Waals surface area (Å²) in [5, 5.41) is 0. The molecule has 1 aromatic rings. The lowest BCUT2D eigenvalue weighted by Gasteiger charge is -2.07. The minimum atomic E-state index is -0.267. The Hall–Kier alpha value is -0.830. The number of carbonyl (C=O) groups excluding carboxylic acids is 1. The summed E-state index contributed by atoms with van der Waals surface area (Å²) < 4.78 is 13.3. The fourth-order valence-electron chi connectivity index (χ4n) is 1.76. The molecule has 0 aliphatic carbocycles. The van der Waals surface area contributed by atoms with Gasteiger partial charge in [0.1, 0.15) is 11.6 Å². The Bertz CT molecular complexity index is 358. The molecular weight excluding hydrogens is 211 g/mol. The maximum absolute atomic E-state index is 13.3. The summed E-state index contributed by atoms with van der Waals surface area (Å²) in [6.45, 7) is 0. The Balaban J connectivity index is 2.02. The highest BCUT2D eigenvalue weighted by Gasteiger charge is 2.23. The largest absolute Gasteiger partial charge is 0.299 e. The van der Waals surface area contributed by atoms with Gasteiger partial charge >= 0.3 is 0 Å². The van der Waals surface area contributed by atoms with E-state index in [1.807, 2.05) is 11.8 Å². The van der Waals surface area contributed by atoms with E-state index in [0.717, 1.165) is 17.9 Å². The zero-order chi connectivity index (χ0) is 10.7. The Labute approximate surface area is 93.1 Å². The summed E-state index contributed by atoms with van der Waals surface area (Å²) in [5.41, 5.74) is 0.527. The number of Topliss-reactive ketones (excluding diaryl/α,β-unsaturated/α-hetero) is 1. The van der Waals surface area contributed by atoms with E-state index in [-0.39, 0.29) is 23.9 Å². The van der Waals surface area contributed by atoms with Crippen molar-refractivity contribution in [2.45, 2.75) is 12.8 Å². The monoisotopic (exact) mass is 224 g/mol. The van der Waals surface area contributed by atoms with Gasteiger partial charge in [-0.05, 0) is 23.8 Å². The first-order valence-electron chi connectivity index (χ1n) is 5.11. The van der Waals surface area contributed by atoms with E-state index < -0.39 is 0 Å². The van der Waals surface area contributed by atoms with Gasteiger partial charge in [-0.2, -0.15) is 11.8 Å². The third-order valence-electron chi connectivity index (χ3n) is 2.71. The fourth-order valence-corrected chi connectivity index (χ4v) is 3.02. The zero-order valence-corrected chi connectivity index (χ0v) is 9.23. The molecule has 0 bridgehead atoms. The summed E-state index contributed by atoms with van der Waals surface area (Å²) in [6, 6.07) is 6.52. The van der Waals surface area contributed by atoms with Gasteiger partial charge in [0.2, 0.25) is 0 Å². The van der Waals surface area contributed by atoms with Crippen LogP contribution in [-0.2, 0) is 11.2 Å². The lowest BCUT2D eigenvalue weighted by atomic mass is 9.97. The fraction of sp³-hybridized carbons (Fsp3) is 0.417. The van der Waals surface area contributed by atoms with Crippen molar-refractivity contribution >= 4 is 17.5 Å². The van der Waals surface area contributed by atoms with Crippen LogP contribution in [0.5, 0.6) is 0 Å². The van der Waals surface area contributed by atoms with Gasteiger partial charge in [-0.25, -0.2) is 4.39 Å². The van der Waals surface area contributed by atoms with E-state index in [2.05, 4.69) is 0 Å². The molecule has 1 fully saturated rings. The molecule has 1 unspecified atom stereocenters. The molecular formula is C12H13FOS. The van der Waals surface area contributed by atoms with Crippen LogP contribution in [0.15, 0.2) is 24.3 Å². The number of thioether (sulfide) groups is 1. The molecule has 0 N–H and O–H groups in total. The van der Waals surface area contributed by atoms with Crippen LogP contribution in [0.2, 0.25) is 0 Å². The first-order valence-corrected chi connectivity index (χ1v) is 6.26. The molecule has 0 spiro atoms. The highest BCUT2D eigenvalue weighted by molar-refractivity contribution is 7.99. The van der Waals surface area contributed by atoms with Gasteiger partial charge in [0, 0.05) is 18.1 Å². The van der Waals surface area contributed by atoms with Gasteiger partial charge < -0.3 is 0 Å². The third kappa shape index (κ3) is 2.59. The molecule has 1 heterocycles. The van der Waals surface area contributed by atoms with Crippen molar-refractivity contribution in [3.05, 3.63) is 35.6 Å². The second kappa shape index (κ2) is 4.79. The zero-order valence-electron chi connectivity index (χ0n) is 8.41. The number of benzene rings is 1. The Kier molecular flexibility index (Phi) is 3.41. The predicted octanol–water partition coefficient (Wildman–Crippen LogP) is 2.69. The summed E-state index contributed by atoms with van der Waals surface area (Å²) >= 11 is 1.81. The molecule has 0 aromatic heterocycles. The topological polar surface area (TPSA) is 17.1 Å². The Morgan fingerprint density at radius 3 is 2.93 bits per heavy atom. The minimum Gasteiger partial charge on any atom is -0.299 e. The summed E-state index contributed by atoms with van der Waals surface area (Å²) in [6.07, 6.45) is 1.20. The average molecular weight is 224 g/mol. The molecule has 1 nitrogen and oxygen atoms in total. The normalized spacial score (nSPS) is 20.5. The molecule has 1 aromatic carbocycles. The summed E-state index contributed by atoms with van der Waals surface area (Å²) in [5.74, 6) is 2.04. The van der Waals surface area contributed by atoms with Gasteiger partial charge in [0.15, 0.2) is 0 Å². The molecule has 1 aliphatic rings. The van der Waals surface area contributed by atoms with Crippen LogP contribution < -0.4 is 0 Å². The number of hydrogen-bond donors (Lipinski definition) is 0. The van der Waals surface area contributed by atoms with Crippen LogP contribution in [0, 0.1) is 11.7 Å². The quantitative estimate of drug-likeness (QED) is 0.785. The summed E-state index contributed by atoms with van der Waals surface area (Å²) in [7, 11) is 0. The van der Waals surface area contributed by atoms with E-state index in [1.54, 1.807) is 18.2 Å². The van der Waals surface area contributed by atoms with Crippen molar-refractivity contribution in [1.82, 2.24) is 0 Å². The maximum atomic E-state index is 13.3. The van der Waals surface area contributed by atoms with E-state index in [9.17, 15) is 9.18 Å². The molecule has 0 amide bonds. The molecule has 15 heavy (non-hydrogen) atoms. The Morgan fingerprint density at radius 2 is 2.27 bits per heavy atom. The number of rotatable bonds is 3. The number of halogens is 1. The molecule has 1 aliphatic heterocycles. The minimum absolute atomic E-state index is 0.148. The van der Waals surface area contributed by atoms with Crippen LogP contribution in [0.1, 0.15) is 12.0 Å². The van der Waals surface area contributed by atoms with Crippen molar-refractivity contribution in [3.63, 3.8) is 0 Å². The molecule has 0 saturated carbocycles. The molecule has 3 heteroatoms. The van der Waals surface area contributed by atoms with Gasteiger partial charge in [-0.1, -0.05) is 18.2 Å². The number of hydrogen-bond acceptors (Lipinski definition) is 2. The van der Waals surface area contributed by atoms with Crippen LogP contribution >= 0.6 is 11.8 Å². The first kappa shape index (κ1) is 10.7. The highest BCUT2D eigenvalue weighted by Crippen LogP contribution is 2.25. The molecule has 80 valence electrons. The highest BCUT2D eigenvalue weighted by atomic mass is 32.2. The van der Waals surface area contributed by atoms with Crippen molar-refractivity contribution in [3.8, 4) is 0 Å². The second-order valence-electron chi connectivity index (χ2n) is 3.80. The van der Waals surface area contributed by atoms with Gasteiger partial charge in [-0.3, -0.25) is 4.79 Å². The van der Waals surface area contributed by atoms with Gasteiger partial charge in [0.25, 0.3) is 0 Å². The summed E-state index contributed by atoms with van der Waals surface area (Å²) in [4.78, 5) is 11.8. The van der Waals surface area contributed by atoms with E-state index in [0.29, 0.717) is 5.56 Å². The SMILES string of the molecule is O=C(Cc1ccccc1F)C1CCSC1. The van der Waals surface area contributed by atoms with Crippen LogP contribution in [0.3, 0.4) is 0 Å². The third-order valence-corrected chi connectivity index (χ3v) is 3.87. The van der Waals surface area contributed by atoms with E-state index in [1.165, 1.54) is 6.07 Å². The molecule has 0 radical (unpaired) electrons. The predicted molar refractivity (Wildman–Crippen MR) is 60.5 cm³/mol. The van der Waals surface area contributed by atoms with Crippen molar-refractivity contribution < 1.29 is 9.18 Å². The molecule has 1 atom stereocenters. The van der Waals surface area contributed by atoms with Gasteiger partial charge in [0.05, 0.1) is 0 Å². The average Bonchev–Trinajstić information content (AvgIpc) is 2.74. The van der Waals surface area contributed by atoms with E-state index >= 15 is 0 Å². The number of carbonyl (C=O) groups is 1. The van der Waals surface area contributed by atoms with E-state index in [4.69, 9.17) is 0 Å². The van der Waals surface area contributed by atoms with Crippen molar-refractivity contribution in [2.24, 2.45) is 5.92 Å². The first-order chi connectivity index (χ1) is 7.27. The lowest BCUT2D eigenvalue weighted by molar-refractivity contribution is -0.121. The maximum Gasteiger partial charge on any atom is 0.141 e. The second-order valence-corrected chi connectivity index (χ2v) is 4.94. The molecule has 1 saturated heterocycles. The smallest absolute Gasteiger partial charge is 0.141 e. The van der Waals surface area contributed by atoms with Crippen LogP contribution in [-0.4, -0.2) is 17.3 Å². The van der Waals surface area contributed by atoms with Crippen molar-refractivity contribution in [2.75, 3.05) is 11.5 Å². The molecule has 2 rings (SSSR count). The standard InChI is InChI=1S/C12H13FOS/c13-11-4-2-1-3-9(11)7-12(14)10-5-6-15-8-10/h1-4,10H,5-8H2. The Morgan fingerprint density at radius 1 is 1.47 bits per heavy atom. The van der Waals surface area contributed by atoms with Gasteiger partial charge in [-0.15, -0.1) is 0 Å². The number of ketones is 1.